The van der Waals surface area contributed by atoms with E-state index in [0.717, 1.165) is 38.3 Å². The van der Waals surface area contributed by atoms with Gasteiger partial charge in [0.15, 0.2) is 0 Å². The van der Waals surface area contributed by atoms with Crippen molar-refractivity contribution in [2.45, 2.75) is 38.5 Å². The van der Waals surface area contributed by atoms with Crippen molar-refractivity contribution >= 4 is 22.6 Å². The average Bonchev–Trinajstić information content (AvgIpc) is 2.89. The van der Waals surface area contributed by atoms with E-state index in [1.165, 1.54) is 41.2 Å². The highest BCUT2D eigenvalue weighted by molar-refractivity contribution is 14.1. The van der Waals surface area contributed by atoms with Gasteiger partial charge in [0, 0.05) is 6.42 Å². The minimum Gasteiger partial charge on any atom is -0.493 e. The molecule has 0 fully saturated rings. The first-order chi connectivity index (χ1) is 9.40. The van der Waals surface area contributed by atoms with E-state index in [4.69, 9.17) is 4.74 Å². The van der Waals surface area contributed by atoms with Crippen molar-refractivity contribution in [3.63, 3.8) is 0 Å². The number of alkyl halides is 1. The summed E-state index contributed by atoms with van der Waals surface area (Å²) in [4.78, 5) is 0. The monoisotopic (exact) mass is 373 g/mol. The van der Waals surface area contributed by atoms with E-state index in [1.54, 1.807) is 0 Å². The van der Waals surface area contributed by atoms with Gasteiger partial charge >= 0.3 is 0 Å². The van der Waals surface area contributed by atoms with E-state index in [1.807, 2.05) is 0 Å². The number of unbranched alkanes of at least 4 members (excludes halogenated alkanes) is 3. The summed E-state index contributed by atoms with van der Waals surface area (Å²) in [7, 11) is 0. The highest BCUT2D eigenvalue weighted by atomic mass is 127. The highest BCUT2D eigenvalue weighted by Crippen LogP contribution is 2.25. The second kappa shape index (κ2) is 8.80. The maximum absolute atomic E-state index is 5.53. The van der Waals surface area contributed by atoms with Gasteiger partial charge < -0.3 is 10.1 Å². The fraction of sp³-hybridized carbons (Fsp3) is 0.625. The Kier molecular flexibility index (Phi) is 6.99. The maximum Gasteiger partial charge on any atom is 0.122 e. The first kappa shape index (κ1) is 15.1. The fourth-order valence-electron chi connectivity index (χ4n) is 2.45. The Morgan fingerprint density at radius 1 is 1.11 bits per heavy atom. The number of rotatable bonds is 9. The minimum absolute atomic E-state index is 0.855. The second-order valence-corrected chi connectivity index (χ2v) is 6.22. The zero-order valence-corrected chi connectivity index (χ0v) is 13.7. The summed E-state index contributed by atoms with van der Waals surface area (Å²) in [6.45, 7) is 3.11. The summed E-state index contributed by atoms with van der Waals surface area (Å²) in [6, 6.07) is 6.64. The fourth-order valence-corrected chi connectivity index (χ4v) is 2.99. The van der Waals surface area contributed by atoms with Crippen LogP contribution in [-0.4, -0.2) is 24.1 Å². The number of halogens is 1. The molecular formula is C16H24INO. The van der Waals surface area contributed by atoms with Crippen LogP contribution < -0.4 is 10.1 Å². The van der Waals surface area contributed by atoms with Crippen LogP contribution in [0.4, 0.5) is 0 Å². The standard InChI is InChI=1S/C16H24INO/c17-9-3-1-2-4-10-18-11-7-14-5-6-16-15(13-14)8-12-19-16/h5-6,13,18H,1-4,7-12H2. The van der Waals surface area contributed by atoms with Crippen LogP contribution in [0, 0.1) is 0 Å². The predicted octanol–water partition coefficient (Wildman–Crippen LogP) is 3.75. The molecule has 0 aliphatic carbocycles. The van der Waals surface area contributed by atoms with Crippen LogP contribution in [0.3, 0.4) is 0 Å². The average molecular weight is 373 g/mol. The molecule has 0 bridgehead atoms. The molecule has 19 heavy (non-hydrogen) atoms. The van der Waals surface area contributed by atoms with Crippen LogP contribution in [0.5, 0.6) is 5.75 Å². The second-order valence-electron chi connectivity index (χ2n) is 5.14. The van der Waals surface area contributed by atoms with E-state index in [2.05, 4.69) is 46.1 Å². The molecule has 0 spiro atoms. The first-order valence-corrected chi connectivity index (χ1v) is 8.94. The molecule has 0 unspecified atom stereocenters. The molecule has 1 aliphatic rings. The van der Waals surface area contributed by atoms with Gasteiger partial charge in [-0.3, -0.25) is 0 Å². The maximum atomic E-state index is 5.53. The van der Waals surface area contributed by atoms with E-state index in [9.17, 15) is 0 Å². The van der Waals surface area contributed by atoms with E-state index < -0.39 is 0 Å². The van der Waals surface area contributed by atoms with Crippen LogP contribution in [0.15, 0.2) is 18.2 Å². The topological polar surface area (TPSA) is 21.3 Å². The Morgan fingerprint density at radius 3 is 2.89 bits per heavy atom. The van der Waals surface area contributed by atoms with Crippen molar-refractivity contribution in [1.29, 1.82) is 0 Å². The third-order valence-corrected chi connectivity index (χ3v) is 4.34. The van der Waals surface area contributed by atoms with Gasteiger partial charge in [-0.25, -0.2) is 0 Å². The van der Waals surface area contributed by atoms with E-state index in [-0.39, 0.29) is 0 Å². The number of ether oxygens (including phenoxy) is 1. The number of hydrogen-bond acceptors (Lipinski definition) is 2. The third kappa shape index (κ3) is 5.30. The SMILES string of the molecule is ICCCCCCNCCc1ccc2c(c1)CCO2. The summed E-state index contributed by atoms with van der Waals surface area (Å²) < 4.78 is 6.83. The Morgan fingerprint density at radius 2 is 2.00 bits per heavy atom. The quantitative estimate of drug-likeness (QED) is 0.405. The molecule has 1 N–H and O–H groups in total. The lowest BCUT2D eigenvalue weighted by Crippen LogP contribution is -2.18. The van der Waals surface area contributed by atoms with Gasteiger partial charge in [0.2, 0.25) is 0 Å². The number of fused-ring (bicyclic) bond motifs is 1. The molecule has 1 heterocycles. The molecular weight excluding hydrogens is 349 g/mol. The molecule has 1 aromatic carbocycles. The van der Waals surface area contributed by atoms with Gasteiger partial charge in [0.1, 0.15) is 5.75 Å². The lowest BCUT2D eigenvalue weighted by Gasteiger charge is -2.06. The minimum atomic E-state index is 0.855. The summed E-state index contributed by atoms with van der Waals surface area (Å²) in [5.41, 5.74) is 2.82. The van der Waals surface area contributed by atoms with Crippen molar-refractivity contribution in [1.82, 2.24) is 5.32 Å². The summed E-state index contributed by atoms with van der Waals surface area (Å²) >= 11 is 2.46. The molecule has 0 radical (unpaired) electrons. The lowest BCUT2D eigenvalue weighted by molar-refractivity contribution is 0.357. The van der Waals surface area contributed by atoms with E-state index >= 15 is 0 Å². The Labute approximate surface area is 130 Å². The summed E-state index contributed by atoms with van der Waals surface area (Å²) in [5.74, 6) is 1.09. The number of benzene rings is 1. The predicted molar refractivity (Wildman–Crippen MR) is 89.6 cm³/mol. The molecule has 3 heteroatoms. The van der Waals surface area contributed by atoms with Crippen molar-refractivity contribution in [3.05, 3.63) is 29.3 Å². The van der Waals surface area contributed by atoms with E-state index in [0.29, 0.717) is 0 Å². The Hall–Kier alpha value is -0.290. The molecule has 0 saturated heterocycles. The van der Waals surface area contributed by atoms with Crippen LogP contribution in [0.2, 0.25) is 0 Å². The van der Waals surface area contributed by atoms with Crippen molar-refractivity contribution in [3.8, 4) is 5.75 Å². The van der Waals surface area contributed by atoms with Gasteiger partial charge in [-0.15, -0.1) is 0 Å². The van der Waals surface area contributed by atoms with Gasteiger partial charge in [0.05, 0.1) is 6.61 Å². The summed E-state index contributed by atoms with van der Waals surface area (Å²) in [5, 5.41) is 3.55. The Balaban J connectivity index is 1.56. The smallest absolute Gasteiger partial charge is 0.122 e. The number of hydrogen-bond donors (Lipinski definition) is 1. The highest BCUT2D eigenvalue weighted by Gasteiger charge is 2.11. The van der Waals surface area contributed by atoms with Gasteiger partial charge in [0.25, 0.3) is 0 Å². The van der Waals surface area contributed by atoms with Crippen LogP contribution in [0.1, 0.15) is 36.8 Å². The van der Waals surface area contributed by atoms with Crippen molar-refractivity contribution in [2.75, 3.05) is 24.1 Å². The molecule has 0 saturated carbocycles. The van der Waals surface area contributed by atoms with Crippen LogP contribution in [0.25, 0.3) is 0 Å². The molecule has 2 nitrogen and oxygen atoms in total. The zero-order valence-electron chi connectivity index (χ0n) is 11.6. The summed E-state index contributed by atoms with van der Waals surface area (Å²) in [6.07, 6.45) is 7.64. The Bertz CT molecular complexity index is 381. The lowest BCUT2D eigenvalue weighted by atomic mass is 10.1. The molecule has 0 amide bonds. The largest absolute Gasteiger partial charge is 0.493 e. The molecule has 1 aromatic rings. The third-order valence-electron chi connectivity index (χ3n) is 3.58. The van der Waals surface area contributed by atoms with Crippen molar-refractivity contribution < 1.29 is 4.74 Å². The van der Waals surface area contributed by atoms with Crippen molar-refractivity contribution in [2.24, 2.45) is 0 Å². The number of nitrogens with one attached hydrogen (secondary N) is 1. The molecule has 0 atom stereocenters. The van der Waals surface area contributed by atoms with Crippen LogP contribution in [-0.2, 0) is 12.8 Å². The normalized spacial score (nSPS) is 13.3. The van der Waals surface area contributed by atoms with Gasteiger partial charge in [-0.2, -0.15) is 0 Å². The van der Waals surface area contributed by atoms with Gasteiger partial charge in [-0.1, -0.05) is 47.6 Å². The first-order valence-electron chi connectivity index (χ1n) is 7.41. The zero-order chi connectivity index (χ0) is 13.3. The van der Waals surface area contributed by atoms with Crippen LogP contribution >= 0.6 is 22.6 Å². The molecule has 0 aromatic heterocycles. The molecule has 106 valence electrons. The molecule has 1 aliphatic heterocycles. The molecule has 2 rings (SSSR count). The van der Waals surface area contributed by atoms with Gasteiger partial charge in [-0.05, 0) is 54.0 Å².